The van der Waals surface area contributed by atoms with Gasteiger partial charge in [0.1, 0.15) is 5.82 Å². The summed E-state index contributed by atoms with van der Waals surface area (Å²) in [7, 11) is 0. The molecule has 1 aromatic carbocycles. The second-order valence-electron chi connectivity index (χ2n) is 7.12. The van der Waals surface area contributed by atoms with Gasteiger partial charge in [-0.2, -0.15) is 5.10 Å². The molecule has 0 saturated heterocycles. The van der Waals surface area contributed by atoms with Gasteiger partial charge in [-0.15, -0.1) is 0 Å². The normalized spacial score (nSPS) is 11.6. The van der Waals surface area contributed by atoms with Crippen molar-refractivity contribution in [3.63, 3.8) is 0 Å². The first-order valence-corrected chi connectivity index (χ1v) is 9.08. The van der Waals surface area contributed by atoms with Crippen molar-refractivity contribution in [1.29, 1.82) is 0 Å². The largest absolute Gasteiger partial charge is 0.351 e. The highest BCUT2D eigenvalue weighted by Gasteiger charge is 2.20. The summed E-state index contributed by atoms with van der Waals surface area (Å²) in [6.45, 7) is 13.7. The standard InChI is InChI=1S/C20H29FN4O/c1-13(2)24(14(3)4)12-11-22-20(26)19-15(5)23-25(16(19)6)18-9-7-17(21)8-10-18/h7-10,13-14H,11-12H2,1-6H3,(H,22,26). The summed E-state index contributed by atoms with van der Waals surface area (Å²) < 4.78 is 14.8. The van der Waals surface area contributed by atoms with Crippen molar-refractivity contribution in [3.05, 3.63) is 47.0 Å². The Balaban J connectivity index is 2.11. The molecule has 0 atom stereocenters. The van der Waals surface area contributed by atoms with Gasteiger partial charge in [-0.3, -0.25) is 9.69 Å². The zero-order valence-corrected chi connectivity index (χ0v) is 16.5. The van der Waals surface area contributed by atoms with Gasteiger partial charge < -0.3 is 5.32 Å². The van der Waals surface area contributed by atoms with Crippen LogP contribution in [-0.2, 0) is 0 Å². The lowest BCUT2D eigenvalue weighted by Crippen LogP contribution is -2.42. The Morgan fingerprint density at radius 3 is 2.27 bits per heavy atom. The van der Waals surface area contributed by atoms with Gasteiger partial charge in [0.15, 0.2) is 0 Å². The number of carbonyl (C=O) groups is 1. The van der Waals surface area contributed by atoms with E-state index in [1.165, 1.54) is 12.1 Å². The molecule has 2 aromatic rings. The molecule has 0 fully saturated rings. The van der Waals surface area contributed by atoms with E-state index in [1.54, 1.807) is 16.8 Å². The monoisotopic (exact) mass is 360 g/mol. The van der Waals surface area contributed by atoms with Crippen LogP contribution in [0.3, 0.4) is 0 Å². The van der Waals surface area contributed by atoms with Crippen LogP contribution in [0.4, 0.5) is 4.39 Å². The Morgan fingerprint density at radius 2 is 1.73 bits per heavy atom. The Labute approximate surface area is 155 Å². The van der Waals surface area contributed by atoms with Crippen LogP contribution in [-0.4, -0.2) is 45.8 Å². The van der Waals surface area contributed by atoms with Gasteiger partial charge in [0, 0.05) is 25.2 Å². The van der Waals surface area contributed by atoms with E-state index >= 15 is 0 Å². The number of aryl methyl sites for hydroxylation is 1. The van der Waals surface area contributed by atoms with Crippen LogP contribution in [0.5, 0.6) is 0 Å². The third kappa shape index (κ3) is 4.49. The summed E-state index contributed by atoms with van der Waals surface area (Å²) in [6, 6.07) is 6.93. The van der Waals surface area contributed by atoms with Crippen molar-refractivity contribution in [2.24, 2.45) is 0 Å². The van der Waals surface area contributed by atoms with E-state index in [-0.39, 0.29) is 11.7 Å². The quantitative estimate of drug-likeness (QED) is 0.822. The van der Waals surface area contributed by atoms with E-state index in [1.807, 2.05) is 13.8 Å². The Bertz CT molecular complexity index is 742. The molecule has 6 heteroatoms. The molecular weight excluding hydrogens is 331 g/mol. The Morgan fingerprint density at radius 1 is 1.15 bits per heavy atom. The molecule has 1 heterocycles. The second-order valence-corrected chi connectivity index (χ2v) is 7.12. The highest BCUT2D eigenvalue weighted by molar-refractivity contribution is 5.96. The lowest BCUT2D eigenvalue weighted by Gasteiger charge is -2.30. The van der Waals surface area contributed by atoms with Crippen LogP contribution < -0.4 is 5.32 Å². The molecule has 26 heavy (non-hydrogen) atoms. The number of nitrogens with zero attached hydrogens (tertiary/aromatic N) is 3. The fourth-order valence-electron chi connectivity index (χ4n) is 3.30. The van der Waals surface area contributed by atoms with Crippen LogP contribution in [0.2, 0.25) is 0 Å². The number of benzene rings is 1. The summed E-state index contributed by atoms with van der Waals surface area (Å²) >= 11 is 0. The summed E-state index contributed by atoms with van der Waals surface area (Å²) in [5.74, 6) is -0.422. The summed E-state index contributed by atoms with van der Waals surface area (Å²) in [4.78, 5) is 15.0. The Kier molecular flexibility index (Phi) is 6.53. The third-order valence-electron chi connectivity index (χ3n) is 4.57. The summed E-state index contributed by atoms with van der Waals surface area (Å²) in [5, 5.41) is 7.45. The predicted molar refractivity (Wildman–Crippen MR) is 102 cm³/mol. The molecule has 1 N–H and O–H groups in total. The lowest BCUT2D eigenvalue weighted by atomic mass is 10.2. The van der Waals surface area contributed by atoms with E-state index < -0.39 is 0 Å². The first-order valence-electron chi connectivity index (χ1n) is 9.08. The van der Waals surface area contributed by atoms with Crippen molar-refractivity contribution >= 4 is 5.91 Å². The SMILES string of the molecule is Cc1nn(-c2ccc(F)cc2)c(C)c1C(=O)NCCN(C(C)C)C(C)C. The van der Waals surface area contributed by atoms with Crippen molar-refractivity contribution in [1.82, 2.24) is 20.0 Å². The zero-order chi connectivity index (χ0) is 19.4. The van der Waals surface area contributed by atoms with E-state index in [0.29, 0.717) is 29.9 Å². The van der Waals surface area contributed by atoms with Crippen molar-refractivity contribution in [2.75, 3.05) is 13.1 Å². The second kappa shape index (κ2) is 8.45. The molecule has 2 rings (SSSR count). The van der Waals surface area contributed by atoms with Crippen LogP contribution >= 0.6 is 0 Å². The molecule has 0 aliphatic heterocycles. The van der Waals surface area contributed by atoms with Crippen LogP contribution in [0, 0.1) is 19.7 Å². The number of rotatable bonds is 7. The predicted octanol–water partition coefficient (Wildman–Crippen LogP) is 3.48. The minimum absolute atomic E-state index is 0.124. The number of aromatic nitrogens is 2. The van der Waals surface area contributed by atoms with Gasteiger partial charge in [-0.25, -0.2) is 9.07 Å². The van der Waals surface area contributed by atoms with Gasteiger partial charge in [0.25, 0.3) is 5.91 Å². The topological polar surface area (TPSA) is 50.2 Å². The molecule has 1 aromatic heterocycles. The molecule has 1 amide bonds. The Hall–Kier alpha value is -2.21. The number of hydrogen-bond donors (Lipinski definition) is 1. The molecule has 0 unspecified atom stereocenters. The minimum Gasteiger partial charge on any atom is -0.351 e. The highest BCUT2D eigenvalue weighted by Crippen LogP contribution is 2.18. The first kappa shape index (κ1) is 20.1. The smallest absolute Gasteiger partial charge is 0.255 e. The maximum Gasteiger partial charge on any atom is 0.255 e. The summed E-state index contributed by atoms with van der Waals surface area (Å²) in [5.41, 5.74) is 2.72. The van der Waals surface area contributed by atoms with Gasteiger partial charge in [0.2, 0.25) is 0 Å². The molecule has 5 nitrogen and oxygen atoms in total. The fraction of sp³-hybridized carbons (Fsp3) is 0.500. The number of carbonyl (C=O) groups excluding carboxylic acids is 1. The van der Waals surface area contributed by atoms with Gasteiger partial charge in [-0.05, 0) is 65.8 Å². The maximum absolute atomic E-state index is 13.1. The lowest BCUT2D eigenvalue weighted by molar-refractivity contribution is 0.0938. The number of amides is 1. The van der Waals surface area contributed by atoms with E-state index in [0.717, 1.165) is 17.9 Å². The van der Waals surface area contributed by atoms with E-state index in [2.05, 4.69) is 43.0 Å². The molecule has 0 aliphatic rings. The molecule has 0 bridgehead atoms. The average molecular weight is 360 g/mol. The average Bonchev–Trinajstić information content (AvgIpc) is 2.86. The molecule has 0 radical (unpaired) electrons. The maximum atomic E-state index is 13.1. The van der Waals surface area contributed by atoms with Gasteiger partial charge in [-0.1, -0.05) is 0 Å². The summed E-state index contributed by atoms with van der Waals surface area (Å²) in [6.07, 6.45) is 0. The van der Waals surface area contributed by atoms with Crippen molar-refractivity contribution in [3.8, 4) is 5.69 Å². The van der Waals surface area contributed by atoms with Crippen LogP contribution in [0.1, 0.15) is 49.4 Å². The van der Waals surface area contributed by atoms with Gasteiger partial charge in [0.05, 0.1) is 22.6 Å². The molecule has 0 saturated carbocycles. The zero-order valence-electron chi connectivity index (χ0n) is 16.5. The fourth-order valence-corrected chi connectivity index (χ4v) is 3.30. The molecular formula is C20H29FN4O. The van der Waals surface area contributed by atoms with Crippen LogP contribution in [0.25, 0.3) is 5.69 Å². The van der Waals surface area contributed by atoms with Crippen molar-refractivity contribution in [2.45, 2.75) is 53.6 Å². The first-order chi connectivity index (χ1) is 12.2. The van der Waals surface area contributed by atoms with E-state index in [9.17, 15) is 9.18 Å². The number of hydrogen-bond acceptors (Lipinski definition) is 3. The number of nitrogens with one attached hydrogen (secondary N) is 1. The highest BCUT2D eigenvalue weighted by atomic mass is 19.1. The minimum atomic E-state index is -0.298. The van der Waals surface area contributed by atoms with Crippen LogP contribution in [0.15, 0.2) is 24.3 Å². The van der Waals surface area contributed by atoms with E-state index in [4.69, 9.17) is 0 Å². The molecule has 0 aliphatic carbocycles. The third-order valence-corrected chi connectivity index (χ3v) is 4.57. The molecule has 142 valence electrons. The molecule has 0 spiro atoms. The van der Waals surface area contributed by atoms with Crippen molar-refractivity contribution < 1.29 is 9.18 Å². The van der Waals surface area contributed by atoms with Gasteiger partial charge >= 0.3 is 0 Å². The number of halogens is 1.